The molecule has 1 aromatic heterocycles. The van der Waals surface area contributed by atoms with E-state index in [0.29, 0.717) is 25.4 Å². The fraction of sp³-hybridized carbons (Fsp3) is 0.200. The van der Waals surface area contributed by atoms with E-state index in [1.807, 2.05) is 30.3 Å². The summed E-state index contributed by atoms with van der Waals surface area (Å²) in [6.07, 6.45) is 0.416. The molecule has 0 saturated carbocycles. The van der Waals surface area contributed by atoms with E-state index < -0.39 is 17.5 Å². The first-order valence-corrected chi connectivity index (χ1v) is 8.37. The summed E-state index contributed by atoms with van der Waals surface area (Å²) < 4.78 is 32.7. The zero-order valence-electron chi connectivity index (χ0n) is 13.9. The molecule has 0 aliphatic carbocycles. The summed E-state index contributed by atoms with van der Waals surface area (Å²) in [5.74, 6) is -1.52. The Labute approximate surface area is 149 Å². The van der Waals surface area contributed by atoms with Crippen molar-refractivity contribution in [1.82, 2.24) is 9.88 Å². The maximum Gasteiger partial charge on any atom is 0.256 e. The third-order valence-electron chi connectivity index (χ3n) is 4.45. The zero-order valence-corrected chi connectivity index (χ0v) is 13.9. The Balaban J connectivity index is 1.45. The number of ether oxygens (including phenoxy) is 1. The van der Waals surface area contributed by atoms with Crippen LogP contribution in [0.25, 0.3) is 10.9 Å². The SMILES string of the molecule is O=C(c1ccc(F)cc1F)N1CC[C@H](Oc2ccc3ccccc3n2)C1. The molecule has 1 aliphatic heterocycles. The van der Waals surface area contributed by atoms with Gasteiger partial charge in [-0.1, -0.05) is 18.2 Å². The van der Waals surface area contributed by atoms with Crippen LogP contribution in [0.3, 0.4) is 0 Å². The molecule has 1 aliphatic rings. The van der Waals surface area contributed by atoms with Gasteiger partial charge in [0.05, 0.1) is 17.6 Å². The lowest BCUT2D eigenvalue weighted by atomic mass is 10.2. The minimum Gasteiger partial charge on any atom is -0.472 e. The molecule has 6 heteroatoms. The van der Waals surface area contributed by atoms with Gasteiger partial charge in [-0.15, -0.1) is 0 Å². The number of aromatic nitrogens is 1. The van der Waals surface area contributed by atoms with Crippen LogP contribution in [-0.2, 0) is 0 Å². The van der Waals surface area contributed by atoms with Gasteiger partial charge >= 0.3 is 0 Å². The van der Waals surface area contributed by atoms with Gasteiger partial charge in [-0.05, 0) is 24.3 Å². The highest BCUT2D eigenvalue weighted by molar-refractivity contribution is 5.94. The summed E-state index contributed by atoms with van der Waals surface area (Å²) in [5.41, 5.74) is 0.709. The van der Waals surface area contributed by atoms with E-state index in [2.05, 4.69) is 4.98 Å². The van der Waals surface area contributed by atoms with E-state index in [4.69, 9.17) is 4.74 Å². The molecular weight excluding hydrogens is 338 g/mol. The Hall–Kier alpha value is -3.02. The third kappa shape index (κ3) is 3.22. The molecule has 1 amide bonds. The van der Waals surface area contributed by atoms with Gasteiger partial charge < -0.3 is 9.64 Å². The number of para-hydroxylation sites is 1. The number of fused-ring (bicyclic) bond motifs is 1. The highest BCUT2D eigenvalue weighted by Crippen LogP contribution is 2.22. The average molecular weight is 354 g/mol. The van der Waals surface area contributed by atoms with Crippen molar-refractivity contribution < 1.29 is 18.3 Å². The standard InChI is InChI=1S/C20H16F2N2O2/c21-14-6-7-16(17(22)11-14)20(25)24-10-9-15(12-24)26-19-8-5-13-3-1-2-4-18(13)23-19/h1-8,11,15H,9-10,12H2/t15-/m0/s1. The second-order valence-electron chi connectivity index (χ2n) is 6.25. The van der Waals surface area contributed by atoms with Crippen molar-refractivity contribution in [2.24, 2.45) is 0 Å². The quantitative estimate of drug-likeness (QED) is 0.718. The molecule has 1 fully saturated rings. The average Bonchev–Trinajstić information content (AvgIpc) is 3.09. The molecule has 1 atom stereocenters. The van der Waals surface area contributed by atoms with Crippen molar-refractivity contribution in [3.05, 3.63) is 71.8 Å². The Bertz CT molecular complexity index is 977. The number of benzene rings is 2. The molecule has 0 bridgehead atoms. The molecule has 132 valence electrons. The number of carbonyl (C=O) groups excluding carboxylic acids is 1. The van der Waals surface area contributed by atoms with Crippen LogP contribution in [0, 0.1) is 11.6 Å². The molecular formula is C20H16F2N2O2. The first-order chi connectivity index (χ1) is 12.6. The van der Waals surface area contributed by atoms with Crippen molar-refractivity contribution in [3.63, 3.8) is 0 Å². The summed E-state index contributed by atoms with van der Waals surface area (Å²) in [6.45, 7) is 0.790. The normalized spacial score (nSPS) is 16.8. The zero-order chi connectivity index (χ0) is 18.1. The summed E-state index contributed by atoms with van der Waals surface area (Å²) >= 11 is 0. The summed E-state index contributed by atoms with van der Waals surface area (Å²) in [4.78, 5) is 18.4. The molecule has 0 N–H and O–H groups in total. The van der Waals surface area contributed by atoms with Gasteiger partial charge in [0, 0.05) is 30.5 Å². The van der Waals surface area contributed by atoms with Crippen LogP contribution in [0.4, 0.5) is 8.78 Å². The monoisotopic (exact) mass is 354 g/mol. The number of pyridine rings is 1. The second-order valence-corrected chi connectivity index (χ2v) is 6.25. The van der Waals surface area contributed by atoms with Gasteiger partial charge in [0.1, 0.15) is 17.7 Å². The van der Waals surface area contributed by atoms with Gasteiger partial charge in [-0.25, -0.2) is 13.8 Å². The van der Waals surface area contributed by atoms with E-state index in [1.165, 1.54) is 11.0 Å². The van der Waals surface area contributed by atoms with Crippen molar-refractivity contribution >= 4 is 16.8 Å². The Morgan fingerprint density at radius 2 is 1.96 bits per heavy atom. The fourth-order valence-electron chi connectivity index (χ4n) is 3.13. The first-order valence-electron chi connectivity index (χ1n) is 8.37. The van der Waals surface area contributed by atoms with Crippen molar-refractivity contribution in [2.75, 3.05) is 13.1 Å². The van der Waals surface area contributed by atoms with Crippen molar-refractivity contribution in [1.29, 1.82) is 0 Å². The Morgan fingerprint density at radius 3 is 2.81 bits per heavy atom. The molecule has 0 spiro atoms. The number of carbonyl (C=O) groups is 1. The van der Waals surface area contributed by atoms with E-state index in [9.17, 15) is 13.6 Å². The predicted octanol–water partition coefficient (Wildman–Crippen LogP) is 3.81. The van der Waals surface area contributed by atoms with Gasteiger partial charge in [0.25, 0.3) is 5.91 Å². The number of likely N-dealkylation sites (tertiary alicyclic amines) is 1. The number of hydrogen-bond donors (Lipinski definition) is 0. The van der Waals surface area contributed by atoms with Gasteiger partial charge in [-0.2, -0.15) is 0 Å². The second kappa shape index (κ2) is 6.71. The van der Waals surface area contributed by atoms with E-state index >= 15 is 0 Å². The first kappa shape index (κ1) is 16.4. The molecule has 0 radical (unpaired) electrons. The Kier molecular flexibility index (Phi) is 4.24. The molecule has 4 rings (SSSR count). The van der Waals surface area contributed by atoms with Crippen LogP contribution in [0.1, 0.15) is 16.8 Å². The summed E-state index contributed by atoms with van der Waals surface area (Å²) in [7, 11) is 0. The van der Waals surface area contributed by atoms with Crippen LogP contribution in [0.15, 0.2) is 54.6 Å². The lowest BCUT2D eigenvalue weighted by Crippen LogP contribution is -2.31. The summed E-state index contributed by atoms with van der Waals surface area (Å²) in [6, 6.07) is 14.4. The van der Waals surface area contributed by atoms with Crippen LogP contribution >= 0.6 is 0 Å². The third-order valence-corrected chi connectivity index (χ3v) is 4.45. The maximum absolute atomic E-state index is 13.8. The van der Waals surface area contributed by atoms with Crippen LogP contribution in [0.2, 0.25) is 0 Å². The molecule has 4 nitrogen and oxygen atoms in total. The largest absolute Gasteiger partial charge is 0.472 e. The molecule has 1 saturated heterocycles. The van der Waals surface area contributed by atoms with Crippen molar-refractivity contribution in [3.8, 4) is 5.88 Å². The van der Waals surface area contributed by atoms with E-state index in [-0.39, 0.29) is 11.7 Å². The number of nitrogens with zero attached hydrogens (tertiary/aromatic N) is 2. The minimum absolute atomic E-state index is 0.129. The number of amides is 1. The molecule has 0 unspecified atom stereocenters. The molecule has 3 aromatic rings. The fourth-order valence-corrected chi connectivity index (χ4v) is 3.13. The molecule has 2 aromatic carbocycles. The highest BCUT2D eigenvalue weighted by Gasteiger charge is 2.30. The highest BCUT2D eigenvalue weighted by atomic mass is 19.1. The van der Waals surface area contributed by atoms with Crippen LogP contribution in [-0.4, -0.2) is 35.0 Å². The van der Waals surface area contributed by atoms with Crippen LogP contribution in [0.5, 0.6) is 5.88 Å². The maximum atomic E-state index is 13.8. The smallest absolute Gasteiger partial charge is 0.256 e. The lowest BCUT2D eigenvalue weighted by Gasteiger charge is -2.17. The molecule has 26 heavy (non-hydrogen) atoms. The molecule has 2 heterocycles. The minimum atomic E-state index is -0.851. The predicted molar refractivity (Wildman–Crippen MR) is 93.0 cm³/mol. The number of hydrogen-bond acceptors (Lipinski definition) is 3. The van der Waals surface area contributed by atoms with E-state index in [1.54, 1.807) is 6.07 Å². The van der Waals surface area contributed by atoms with Crippen LogP contribution < -0.4 is 4.74 Å². The number of rotatable bonds is 3. The van der Waals surface area contributed by atoms with Gasteiger partial charge in [0.15, 0.2) is 0 Å². The van der Waals surface area contributed by atoms with Gasteiger partial charge in [-0.3, -0.25) is 4.79 Å². The Morgan fingerprint density at radius 1 is 1.12 bits per heavy atom. The van der Waals surface area contributed by atoms with Gasteiger partial charge in [0.2, 0.25) is 5.88 Å². The topological polar surface area (TPSA) is 42.4 Å². The summed E-state index contributed by atoms with van der Waals surface area (Å²) in [5, 5.41) is 1.02. The van der Waals surface area contributed by atoms with E-state index in [0.717, 1.165) is 23.0 Å². The van der Waals surface area contributed by atoms with Crippen molar-refractivity contribution in [2.45, 2.75) is 12.5 Å². The lowest BCUT2D eigenvalue weighted by molar-refractivity contribution is 0.0766. The number of halogens is 2.